The van der Waals surface area contributed by atoms with E-state index in [1.807, 2.05) is 25.4 Å². The highest BCUT2D eigenvalue weighted by Crippen LogP contribution is 2.36. The van der Waals surface area contributed by atoms with Gasteiger partial charge in [-0.05, 0) is 44.2 Å². The van der Waals surface area contributed by atoms with E-state index in [9.17, 15) is 0 Å². The fourth-order valence-electron chi connectivity index (χ4n) is 3.68. The summed E-state index contributed by atoms with van der Waals surface area (Å²) >= 11 is 8.06. The van der Waals surface area contributed by atoms with Gasteiger partial charge in [0.05, 0.1) is 27.8 Å². The lowest BCUT2D eigenvalue weighted by Gasteiger charge is -2.25. The van der Waals surface area contributed by atoms with Crippen LogP contribution in [-0.2, 0) is 6.42 Å². The average molecular weight is 412 g/mol. The number of pyridine rings is 2. The van der Waals surface area contributed by atoms with Crippen LogP contribution in [0.4, 0.5) is 0 Å². The molecule has 4 heterocycles. The van der Waals surface area contributed by atoms with Crippen molar-refractivity contribution in [2.45, 2.75) is 38.4 Å². The van der Waals surface area contributed by atoms with E-state index in [4.69, 9.17) is 21.6 Å². The van der Waals surface area contributed by atoms with E-state index in [0.29, 0.717) is 5.02 Å². The van der Waals surface area contributed by atoms with Crippen molar-refractivity contribution < 1.29 is 0 Å². The number of nitrogens with one attached hydrogen (secondary N) is 1. The number of halogens is 1. The predicted molar refractivity (Wildman–Crippen MR) is 115 cm³/mol. The summed E-state index contributed by atoms with van der Waals surface area (Å²) < 4.78 is 0. The Balaban J connectivity index is 1.91. The van der Waals surface area contributed by atoms with Crippen LogP contribution in [0.3, 0.4) is 0 Å². The highest BCUT2D eigenvalue weighted by Gasteiger charge is 2.25. The molecular weight excluding hydrogens is 390 g/mol. The minimum atomic E-state index is 0.176. The summed E-state index contributed by atoms with van der Waals surface area (Å²) in [5.74, 6) is 0. The molecule has 28 heavy (non-hydrogen) atoms. The SMILES string of the molecule is CSc1nc2c(c(-c3cc(-c4ncc(C)cc4C)c(Cl)cn3)n1)C(C)NCC2. The minimum Gasteiger partial charge on any atom is -0.310 e. The first-order valence-corrected chi connectivity index (χ1v) is 10.9. The molecule has 0 saturated carbocycles. The molecule has 3 aromatic heterocycles. The maximum atomic E-state index is 6.51. The van der Waals surface area contributed by atoms with E-state index >= 15 is 0 Å². The van der Waals surface area contributed by atoms with Crippen LogP contribution < -0.4 is 5.32 Å². The Labute approximate surface area is 174 Å². The average Bonchev–Trinajstić information content (AvgIpc) is 2.68. The molecule has 4 rings (SSSR count). The van der Waals surface area contributed by atoms with Gasteiger partial charge in [0.25, 0.3) is 0 Å². The summed E-state index contributed by atoms with van der Waals surface area (Å²) in [6.45, 7) is 7.15. The normalized spacial score (nSPS) is 16.1. The molecule has 0 spiro atoms. The van der Waals surface area contributed by atoms with Gasteiger partial charge in [0.15, 0.2) is 5.16 Å². The molecule has 5 nitrogen and oxygen atoms in total. The number of hydrogen-bond acceptors (Lipinski definition) is 6. The monoisotopic (exact) mass is 411 g/mol. The Morgan fingerprint density at radius 2 is 1.93 bits per heavy atom. The Morgan fingerprint density at radius 1 is 1.11 bits per heavy atom. The van der Waals surface area contributed by atoms with Gasteiger partial charge in [0.1, 0.15) is 0 Å². The molecule has 7 heteroatoms. The van der Waals surface area contributed by atoms with Crippen LogP contribution in [0, 0.1) is 13.8 Å². The van der Waals surface area contributed by atoms with Crippen LogP contribution in [0.2, 0.25) is 5.02 Å². The topological polar surface area (TPSA) is 63.6 Å². The van der Waals surface area contributed by atoms with Crippen LogP contribution in [0.25, 0.3) is 22.6 Å². The van der Waals surface area contributed by atoms with Gasteiger partial charge in [-0.2, -0.15) is 0 Å². The summed E-state index contributed by atoms with van der Waals surface area (Å²) in [5, 5.41) is 4.86. The Kier molecular flexibility index (Phi) is 5.36. The largest absolute Gasteiger partial charge is 0.310 e. The number of nitrogens with zero attached hydrogens (tertiary/aromatic N) is 4. The van der Waals surface area contributed by atoms with Crippen molar-refractivity contribution in [3.05, 3.63) is 51.9 Å². The molecule has 1 N–H and O–H groups in total. The van der Waals surface area contributed by atoms with Gasteiger partial charge in [0, 0.05) is 42.5 Å². The second-order valence-corrected chi connectivity index (χ2v) is 8.25. The van der Waals surface area contributed by atoms with Crippen molar-refractivity contribution in [1.29, 1.82) is 0 Å². The fourth-order valence-corrected chi connectivity index (χ4v) is 4.26. The lowest BCUT2D eigenvalue weighted by Crippen LogP contribution is -2.30. The molecule has 0 radical (unpaired) electrons. The molecule has 0 aliphatic carbocycles. The number of rotatable bonds is 3. The summed E-state index contributed by atoms with van der Waals surface area (Å²) in [6.07, 6.45) is 6.45. The van der Waals surface area contributed by atoms with E-state index < -0.39 is 0 Å². The zero-order chi connectivity index (χ0) is 19.8. The Hall–Kier alpha value is -2.02. The summed E-state index contributed by atoms with van der Waals surface area (Å²) in [5.41, 5.74) is 7.85. The fraction of sp³-hybridized carbons (Fsp3) is 0.333. The zero-order valence-corrected chi connectivity index (χ0v) is 17.9. The van der Waals surface area contributed by atoms with Crippen molar-refractivity contribution in [3.63, 3.8) is 0 Å². The van der Waals surface area contributed by atoms with Crippen LogP contribution >= 0.6 is 23.4 Å². The summed E-state index contributed by atoms with van der Waals surface area (Å²) in [6, 6.07) is 4.29. The molecule has 0 bridgehead atoms. The van der Waals surface area contributed by atoms with Crippen molar-refractivity contribution in [2.24, 2.45) is 0 Å². The second-order valence-electron chi connectivity index (χ2n) is 7.07. The molecule has 144 valence electrons. The number of thioether (sulfide) groups is 1. The van der Waals surface area contributed by atoms with Crippen molar-refractivity contribution in [2.75, 3.05) is 12.8 Å². The quantitative estimate of drug-likeness (QED) is 0.493. The first-order valence-electron chi connectivity index (χ1n) is 9.25. The number of fused-ring (bicyclic) bond motifs is 1. The third-order valence-corrected chi connectivity index (χ3v) is 5.85. The lowest BCUT2D eigenvalue weighted by atomic mass is 9.96. The minimum absolute atomic E-state index is 0.176. The molecule has 0 aromatic carbocycles. The van der Waals surface area contributed by atoms with Crippen molar-refractivity contribution in [3.8, 4) is 22.6 Å². The Bertz CT molecular complexity index is 1050. The molecule has 1 unspecified atom stereocenters. The molecule has 1 atom stereocenters. The molecule has 3 aromatic rings. The van der Waals surface area contributed by atoms with Crippen LogP contribution in [-0.4, -0.2) is 32.7 Å². The Morgan fingerprint density at radius 3 is 2.68 bits per heavy atom. The van der Waals surface area contributed by atoms with Gasteiger partial charge >= 0.3 is 0 Å². The van der Waals surface area contributed by atoms with Crippen LogP contribution in [0.15, 0.2) is 29.7 Å². The van der Waals surface area contributed by atoms with Crippen molar-refractivity contribution in [1.82, 2.24) is 25.3 Å². The van der Waals surface area contributed by atoms with E-state index in [2.05, 4.69) is 35.2 Å². The van der Waals surface area contributed by atoms with Gasteiger partial charge in [-0.15, -0.1) is 0 Å². The van der Waals surface area contributed by atoms with Gasteiger partial charge in [-0.1, -0.05) is 29.4 Å². The van der Waals surface area contributed by atoms with E-state index in [1.165, 1.54) is 0 Å². The zero-order valence-electron chi connectivity index (χ0n) is 16.4. The second kappa shape index (κ2) is 7.78. The number of aromatic nitrogens is 4. The molecule has 1 aliphatic rings. The molecule has 1 aliphatic heterocycles. The van der Waals surface area contributed by atoms with Gasteiger partial charge in [-0.25, -0.2) is 9.97 Å². The highest BCUT2D eigenvalue weighted by atomic mass is 35.5. The third kappa shape index (κ3) is 3.52. The standard InChI is InChI=1S/C21H22ClN5S/c1-11-7-12(2)19(25-9-11)14-8-17(24-10-15(14)22)20-18-13(3)23-6-5-16(18)26-21(27-20)28-4/h7-10,13,23H,5-6H2,1-4H3. The lowest BCUT2D eigenvalue weighted by molar-refractivity contribution is 0.526. The molecular formula is C21H22ClN5S. The highest BCUT2D eigenvalue weighted by molar-refractivity contribution is 7.98. The van der Waals surface area contributed by atoms with Crippen molar-refractivity contribution >= 4 is 23.4 Å². The van der Waals surface area contributed by atoms with Crippen LogP contribution in [0.1, 0.15) is 35.3 Å². The van der Waals surface area contributed by atoms with Crippen LogP contribution in [0.5, 0.6) is 0 Å². The van der Waals surface area contributed by atoms with E-state index in [0.717, 1.165) is 63.2 Å². The molecule has 0 fully saturated rings. The summed E-state index contributed by atoms with van der Waals surface area (Å²) in [4.78, 5) is 18.8. The number of hydrogen-bond donors (Lipinski definition) is 1. The first kappa shape index (κ1) is 19.3. The maximum absolute atomic E-state index is 6.51. The van der Waals surface area contributed by atoms with Gasteiger partial charge in [0.2, 0.25) is 0 Å². The molecule has 0 amide bonds. The number of aryl methyl sites for hydroxylation is 2. The maximum Gasteiger partial charge on any atom is 0.188 e. The van der Waals surface area contributed by atoms with E-state index in [1.54, 1.807) is 18.0 Å². The van der Waals surface area contributed by atoms with Gasteiger partial charge in [-0.3, -0.25) is 9.97 Å². The van der Waals surface area contributed by atoms with Gasteiger partial charge < -0.3 is 5.32 Å². The first-order chi connectivity index (χ1) is 13.5. The van der Waals surface area contributed by atoms with E-state index in [-0.39, 0.29) is 6.04 Å². The predicted octanol–water partition coefficient (Wildman–Crippen LogP) is 4.80. The third-order valence-electron chi connectivity index (χ3n) is 5.00. The smallest absolute Gasteiger partial charge is 0.188 e. The summed E-state index contributed by atoms with van der Waals surface area (Å²) in [7, 11) is 0. The molecule has 0 saturated heterocycles.